The molecule has 0 saturated heterocycles. The minimum absolute atomic E-state index is 0.00742. The highest BCUT2D eigenvalue weighted by molar-refractivity contribution is 5.82. The Morgan fingerprint density at radius 1 is 0.842 bits per heavy atom. The fraction of sp³-hybridized carbons (Fsp3) is 0.750. The fourth-order valence-corrected chi connectivity index (χ4v) is 1.69. The fourth-order valence-electron chi connectivity index (χ4n) is 1.69. The molecule has 0 radical (unpaired) electrons. The van der Waals surface area contributed by atoms with Gasteiger partial charge in [-0.15, -0.1) is 0 Å². The van der Waals surface area contributed by atoms with Crippen LogP contribution in [0.4, 0.5) is 0 Å². The number of hydrogen-bond donors (Lipinski definition) is 0. The van der Waals surface area contributed by atoms with Gasteiger partial charge in [0.05, 0.1) is 39.8 Å². The van der Waals surface area contributed by atoms with Crippen molar-refractivity contribution in [2.24, 2.45) is 11.8 Å². The maximum atomic E-state index is 11.7. The quantitative estimate of drug-likeness (QED) is 0.461. The summed E-state index contributed by atoms with van der Waals surface area (Å²) in [7, 11) is 5.10. The SMILES string of the molecule is COCC(C(=O)OC)C(CCC(=O)OC)C(=O)OC. The van der Waals surface area contributed by atoms with E-state index in [1.807, 2.05) is 0 Å². The van der Waals surface area contributed by atoms with Crippen molar-refractivity contribution in [2.45, 2.75) is 12.8 Å². The lowest BCUT2D eigenvalue weighted by Gasteiger charge is -2.22. The largest absolute Gasteiger partial charge is 0.469 e. The summed E-state index contributed by atoms with van der Waals surface area (Å²) >= 11 is 0. The minimum Gasteiger partial charge on any atom is -0.469 e. The molecule has 7 heteroatoms. The number of esters is 3. The second-order valence-corrected chi connectivity index (χ2v) is 3.83. The number of ether oxygens (including phenoxy) is 4. The molecule has 2 unspecified atom stereocenters. The van der Waals surface area contributed by atoms with E-state index in [0.717, 1.165) is 0 Å². The highest BCUT2D eigenvalue weighted by Gasteiger charge is 2.35. The molecule has 7 nitrogen and oxygen atoms in total. The molecule has 0 aliphatic rings. The van der Waals surface area contributed by atoms with Gasteiger partial charge in [0.1, 0.15) is 0 Å². The molecule has 0 heterocycles. The van der Waals surface area contributed by atoms with Crippen LogP contribution in [0.5, 0.6) is 0 Å². The lowest BCUT2D eigenvalue weighted by atomic mass is 9.88. The molecule has 2 atom stereocenters. The molecule has 0 aromatic heterocycles. The predicted molar refractivity (Wildman–Crippen MR) is 64.1 cm³/mol. The Labute approximate surface area is 112 Å². The summed E-state index contributed by atoms with van der Waals surface area (Å²) in [6.07, 6.45) is 0.135. The molecule has 0 aromatic carbocycles. The molecule has 0 fully saturated rings. The van der Waals surface area contributed by atoms with Crippen molar-refractivity contribution in [2.75, 3.05) is 35.0 Å². The van der Waals surface area contributed by atoms with Crippen LogP contribution in [0.3, 0.4) is 0 Å². The summed E-state index contributed by atoms with van der Waals surface area (Å²) in [5.41, 5.74) is 0. The van der Waals surface area contributed by atoms with Crippen molar-refractivity contribution in [1.29, 1.82) is 0 Å². The zero-order valence-corrected chi connectivity index (χ0v) is 11.6. The highest BCUT2D eigenvalue weighted by Crippen LogP contribution is 2.22. The van der Waals surface area contributed by atoms with E-state index in [9.17, 15) is 14.4 Å². The van der Waals surface area contributed by atoms with E-state index in [-0.39, 0.29) is 19.4 Å². The summed E-state index contributed by atoms with van der Waals surface area (Å²) in [5, 5.41) is 0. The van der Waals surface area contributed by atoms with Crippen molar-refractivity contribution in [3.05, 3.63) is 0 Å². The topological polar surface area (TPSA) is 88.1 Å². The second kappa shape index (κ2) is 9.32. The van der Waals surface area contributed by atoms with Crippen LogP contribution < -0.4 is 0 Å². The first kappa shape index (κ1) is 17.4. The Hall–Kier alpha value is -1.63. The lowest BCUT2D eigenvalue weighted by molar-refractivity contribution is -0.160. The van der Waals surface area contributed by atoms with Crippen LogP contribution in [0, 0.1) is 11.8 Å². The third kappa shape index (κ3) is 5.69. The van der Waals surface area contributed by atoms with Crippen LogP contribution in [0.1, 0.15) is 12.8 Å². The normalized spacial score (nSPS) is 13.3. The lowest BCUT2D eigenvalue weighted by Crippen LogP contribution is -2.35. The van der Waals surface area contributed by atoms with Gasteiger partial charge in [-0.25, -0.2) is 0 Å². The van der Waals surface area contributed by atoms with Crippen LogP contribution >= 0.6 is 0 Å². The van der Waals surface area contributed by atoms with E-state index in [4.69, 9.17) is 4.74 Å². The van der Waals surface area contributed by atoms with Gasteiger partial charge in [-0.1, -0.05) is 0 Å². The standard InChI is InChI=1S/C12H20O7/c1-16-7-9(12(15)19-4)8(11(14)18-3)5-6-10(13)17-2/h8-9H,5-7H2,1-4H3. The van der Waals surface area contributed by atoms with Gasteiger partial charge in [0.2, 0.25) is 0 Å². The summed E-state index contributed by atoms with van der Waals surface area (Å²) in [5.74, 6) is -3.25. The smallest absolute Gasteiger partial charge is 0.311 e. The Kier molecular flexibility index (Phi) is 8.52. The highest BCUT2D eigenvalue weighted by atomic mass is 16.5. The number of carbonyl (C=O) groups excluding carboxylic acids is 3. The number of carbonyl (C=O) groups is 3. The van der Waals surface area contributed by atoms with Crippen molar-refractivity contribution < 1.29 is 33.3 Å². The zero-order valence-electron chi connectivity index (χ0n) is 11.6. The van der Waals surface area contributed by atoms with Gasteiger partial charge in [0.25, 0.3) is 0 Å². The van der Waals surface area contributed by atoms with E-state index >= 15 is 0 Å². The van der Waals surface area contributed by atoms with Gasteiger partial charge in [-0.2, -0.15) is 0 Å². The van der Waals surface area contributed by atoms with Gasteiger partial charge >= 0.3 is 17.9 Å². The van der Waals surface area contributed by atoms with E-state index in [1.165, 1.54) is 28.4 Å². The Morgan fingerprint density at radius 3 is 1.79 bits per heavy atom. The van der Waals surface area contributed by atoms with Gasteiger partial charge < -0.3 is 18.9 Å². The summed E-state index contributed by atoms with van der Waals surface area (Å²) in [6.45, 7) is 0.00755. The molecule has 110 valence electrons. The third-order valence-corrected chi connectivity index (χ3v) is 2.73. The third-order valence-electron chi connectivity index (χ3n) is 2.73. The van der Waals surface area contributed by atoms with Gasteiger partial charge in [0.15, 0.2) is 0 Å². The van der Waals surface area contributed by atoms with Crippen LogP contribution in [0.15, 0.2) is 0 Å². The Bertz CT molecular complexity index is 313. The molecule has 0 rings (SSSR count). The van der Waals surface area contributed by atoms with E-state index < -0.39 is 29.7 Å². The van der Waals surface area contributed by atoms with Crippen molar-refractivity contribution in [3.63, 3.8) is 0 Å². The maximum Gasteiger partial charge on any atom is 0.311 e. The molecule has 0 saturated carbocycles. The second-order valence-electron chi connectivity index (χ2n) is 3.83. The molecule has 0 spiro atoms. The molecule has 0 aliphatic carbocycles. The summed E-state index contributed by atoms with van der Waals surface area (Å²) in [6, 6.07) is 0. The van der Waals surface area contributed by atoms with Crippen LogP contribution in [0.25, 0.3) is 0 Å². The Balaban J connectivity index is 4.90. The first-order valence-corrected chi connectivity index (χ1v) is 5.73. The van der Waals surface area contributed by atoms with Crippen molar-refractivity contribution >= 4 is 17.9 Å². The minimum atomic E-state index is -0.813. The molecule has 0 amide bonds. The first-order chi connectivity index (χ1) is 9.01. The molecule has 0 aliphatic heterocycles. The predicted octanol–water partition coefficient (Wildman–Crippen LogP) is 0.164. The summed E-state index contributed by atoms with van der Waals surface area (Å²) < 4.78 is 18.7. The van der Waals surface area contributed by atoms with Gasteiger partial charge in [0, 0.05) is 13.5 Å². The number of hydrogen-bond acceptors (Lipinski definition) is 7. The maximum absolute atomic E-state index is 11.7. The van der Waals surface area contributed by atoms with E-state index in [2.05, 4.69) is 14.2 Å². The molecule has 0 bridgehead atoms. The average Bonchev–Trinajstić information content (AvgIpc) is 2.44. The van der Waals surface area contributed by atoms with E-state index in [0.29, 0.717) is 0 Å². The van der Waals surface area contributed by atoms with E-state index in [1.54, 1.807) is 0 Å². The monoisotopic (exact) mass is 276 g/mol. The average molecular weight is 276 g/mol. The van der Waals surface area contributed by atoms with Gasteiger partial charge in [-0.3, -0.25) is 14.4 Å². The summed E-state index contributed by atoms with van der Waals surface area (Å²) in [4.78, 5) is 34.5. The van der Waals surface area contributed by atoms with Gasteiger partial charge in [-0.05, 0) is 6.42 Å². The van der Waals surface area contributed by atoms with Crippen LogP contribution in [-0.2, 0) is 33.3 Å². The molecule has 19 heavy (non-hydrogen) atoms. The van der Waals surface area contributed by atoms with Crippen LogP contribution in [-0.4, -0.2) is 53.0 Å². The molecule has 0 N–H and O–H groups in total. The molecular weight excluding hydrogens is 256 g/mol. The first-order valence-electron chi connectivity index (χ1n) is 5.73. The molecular formula is C12H20O7. The number of methoxy groups -OCH3 is 4. The van der Waals surface area contributed by atoms with Crippen molar-refractivity contribution in [3.8, 4) is 0 Å². The Morgan fingerprint density at radius 2 is 1.37 bits per heavy atom. The van der Waals surface area contributed by atoms with Crippen molar-refractivity contribution in [1.82, 2.24) is 0 Å². The zero-order chi connectivity index (χ0) is 14.8. The molecule has 0 aromatic rings. The number of rotatable bonds is 8. The van der Waals surface area contributed by atoms with Crippen LogP contribution in [0.2, 0.25) is 0 Å².